The zero-order valence-electron chi connectivity index (χ0n) is 20.0. The Balaban J connectivity index is 1.95. The van der Waals surface area contributed by atoms with E-state index < -0.39 is 29.1 Å². The number of nitrogens with one attached hydrogen (secondary N) is 2. The van der Waals surface area contributed by atoms with Crippen LogP contribution in [0.25, 0.3) is 0 Å². The van der Waals surface area contributed by atoms with Crippen LogP contribution in [0.15, 0.2) is 91.1 Å². The van der Waals surface area contributed by atoms with Crippen molar-refractivity contribution in [3.8, 4) is 5.75 Å². The Morgan fingerprint density at radius 2 is 1.74 bits per heavy atom. The zero-order valence-corrected chi connectivity index (χ0v) is 20.8. The predicted octanol–water partition coefficient (Wildman–Crippen LogP) is 7.21. The first-order valence-corrected chi connectivity index (χ1v) is 11.7. The number of carbonyl (C=O) groups is 1. The largest absolute Gasteiger partial charge is 0.496 e. The molecule has 0 aliphatic carbocycles. The van der Waals surface area contributed by atoms with Crippen LogP contribution >= 0.6 is 11.6 Å². The fourth-order valence-corrected chi connectivity index (χ4v) is 4.28. The van der Waals surface area contributed by atoms with Crippen molar-refractivity contribution < 1.29 is 27.1 Å². The SMILES string of the molecule is COc1ccc(C(F)(F)F)cc1[C@@](Cc1ccccc1)(NC(=O)Nc1cccc(F)c1)c1ccc(Cl)cn1. The van der Waals surface area contributed by atoms with E-state index in [1.165, 1.54) is 49.7 Å². The number of carbonyl (C=O) groups excluding carboxylic acids is 1. The average molecular weight is 544 g/mol. The number of benzene rings is 3. The van der Waals surface area contributed by atoms with E-state index in [2.05, 4.69) is 15.6 Å². The van der Waals surface area contributed by atoms with Crippen molar-refractivity contribution in [2.24, 2.45) is 0 Å². The van der Waals surface area contributed by atoms with E-state index >= 15 is 0 Å². The molecule has 1 atom stereocenters. The molecule has 0 saturated heterocycles. The Morgan fingerprint density at radius 3 is 2.37 bits per heavy atom. The number of hydrogen-bond donors (Lipinski definition) is 2. The van der Waals surface area contributed by atoms with Crippen LogP contribution in [-0.4, -0.2) is 18.1 Å². The predicted molar refractivity (Wildman–Crippen MR) is 137 cm³/mol. The monoisotopic (exact) mass is 543 g/mol. The number of urea groups is 1. The second-order valence-electron chi connectivity index (χ2n) is 8.43. The molecule has 0 aliphatic heterocycles. The summed E-state index contributed by atoms with van der Waals surface area (Å²) in [5, 5.41) is 5.67. The maximum atomic E-state index is 13.9. The third-order valence-electron chi connectivity index (χ3n) is 5.87. The lowest BCUT2D eigenvalue weighted by atomic mass is 9.79. The van der Waals surface area contributed by atoms with E-state index in [0.29, 0.717) is 10.6 Å². The van der Waals surface area contributed by atoms with Gasteiger partial charge in [-0.3, -0.25) is 4.98 Å². The van der Waals surface area contributed by atoms with Gasteiger partial charge in [0, 0.05) is 23.9 Å². The molecule has 3 aromatic carbocycles. The minimum absolute atomic E-state index is 0.00326. The van der Waals surface area contributed by atoms with Gasteiger partial charge < -0.3 is 15.4 Å². The second kappa shape index (κ2) is 11.1. The molecule has 0 spiro atoms. The van der Waals surface area contributed by atoms with Crippen LogP contribution < -0.4 is 15.4 Å². The summed E-state index contributed by atoms with van der Waals surface area (Å²) in [4.78, 5) is 17.8. The van der Waals surface area contributed by atoms with Gasteiger partial charge >= 0.3 is 12.2 Å². The second-order valence-corrected chi connectivity index (χ2v) is 8.87. The number of amides is 2. The highest BCUT2D eigenvalue weighted by Gasteiger charge is 2.42. The number of alkyl halides is 3. The Labute approximate surface area is 221 Å². The molecule has 2 amide bonds. The number of halogens is 5. The minimum Gasteiger partial charge on any atom is -0.496 e. The van der Waals surface area contributed by atoms with Crippen LogP contribution in [0.4, 0.5) is 28.0 Å². The Bertz CT molecular complexity index is 1420. The Hall–Kier alpha value is -4.11. The maximum Gasteiger partial charge on any atom is 0.416 e. The smallest absolute Gasteiger partial charge is 0.416 e. The molecular weight excluding hydrogens is 522 g/mol. The third kappa shape index (κ3) is 6.06. The number of aromatic nitrogens is 1. The highest BCUT2D eigenvalue weighted by atomic mass is 35.5. The lowest BCUT2D eigenvalue weighted by Crippen LogP contribution is -2.51. The van der Waals surface area contributed by atoms with Gasteiger partial charge in [-0.2, -0.15) is 13.2 Å². The molecular formula is C28H22ClF4N3O2. The van der Waals surface area contributed by atoms with E-state index in [1.807, 2.05) is 0 Å². The van der Waals surface area contributed by atoms with Crippen molar-refractivity contribution in [1.29, 1.82) is 0 Å². The number of anilines is 1. The van der Waals surface area contributed by atoms with Crippen LogP contribution in [0.2, 0.25) is 5.02 Å². The highest BCUT2D eigenvalue weighted by Crippen LogP contribution is 2.41. The molecule has 0 unspecified atom stereocenters. The normalized spacial score (nSPS) is 12.9. The van der Waals surface area contributed by atoms with Crippen molar-refractivity contribution in [1.82, 2.24) is 10.3 Å². The molecule has 2 N–H and O–H groups in total. The summed E-state index contributed by atoms with van der Waals surface area (Å²) in [6.07, 6.45) is -3.34. The van der Waals surface area contributed by atoms with Crippen molar-refractivity contribution in [3.05, 3.63) is 124 Å². The van der Waals surface area contributed by atoms with E-state index in [1.54, 1.807) is 30.3 Å². The van der Waals surface area contributed by atoms with Gasteiger partial charge in [0.1, 0.15) is 17.1 Å². The van der Waals surface area contributed by atoms with Gasteiger partial charge in [-0.15, -0.1) is 0 Å². The van der Waals surface area contributed by atoms with Crippen LogP contribution in [0.3, 0.4) is 0 Å². The summed E-state index contributed by atoms with van der Waals surface area (Å²) in [5.41, 5.74) is -1.55. The van der Waals surface area contributed by atoms with Gasteiger partial charge in [0.2, 0.25) is 0 Å². The molecule has 0 fully saturated rings. The quantitative estimate of drug-likeness (QED) is 0.242. The van der Waals surface area contributed by atoms with E-state index in [4.69, 9.17) is 16.3 Å². The standard InChI is InChI=1S/C28H22ClF4N3O2/c1-38-24-12-10-19(28(31,32)33)14-23(24)27(16-18-6-3-2-4-7-18,25-13-11-20(29)17-34-25)36-26(37)35-22-9-5-8-21(30)15-22/h2-15,17H,16H2,1H3,(H2,35,36,37)/t27-/m1/s1. The Morgan fingerprint density at radius 1 is 0.974 bits per heavy atom. The molecule has 0 aliphatic rings. The summed E-state index contributed by atoms with van der Waals surface area (Å²) in [5.74, 6) is -0.478. The van der Waals surface area contributed by atoms with Crippen LogP contribution in [-0.2, 0) is 18.1 Å². The molecule has 10 heteroatoms. The molecule has 1 heterocycles. The summed E-state index contributed by atoms with van der Waals surface area (Å²) < 4.78 is 60.8. The van der Waals surface area contributed by atoms with Gasteiger partial charge in [-0.25, -0.2) is 9.18 Å². The number of ether oxygens (including phenoxy) is 1. The van der Waals surface area contributed by atoms with Crippen molar-refractivity contribution in [2.45, 2.75) is 18.1 Å². The van der Waals surface area contributed by atoms with E-state index in [-0.39, 0.29) is 29.1 Å². The molecule has 0 bridgehead atoms. The van der Waals surface area contributed by atoms with Crippen molar-refractivity contribution >= 4 is 23.3 Å². The van der Waals surface area contributed by atoms with E-state index in [0.717, 1.165) is 18.2 Å². The van der Waals surface area contributed by atoms with Crippen LogP contribution in [0.1, 0.15) is 22.4 Å². The number of rotatable bonds is 7. The van der Waals surface area contributed by atoms with Gasteiger partial charge in [0.05, 0.1) is 23.4 Å². The molecule has 4 rings (SSSR count). The molecule has 196 valence electrons. The fourth-order valence-electron chi connectivity index (χ4n) is 4.17. The van der Waals surface area contributed by atoms with Gasteiger partial charge in [0.15, 0.2) is 0 Å². The fraction of sp³-hybridized carbons (Fsp3) is 0.143. The highest BCUT2D eigenvalue weighted by molar-refractivity contribution is 6.30. The van der Waals surface area contributed by atoms with Gasteiger partial charge in [-0.05, 0) is 54.1 Å². The number of pyridine rings is 1. The first-order valence-electron chi connectivity index (χ1n) is 11.4. The maximum absolute atomic E-state index is 13.9. The molecule has 0 saturated carbocycles. The van der Waals surface area contributed by atoms with E-state index in [9.17, 15) is 22.4 Å². The van der Waals surface area contributed by atoms with Crippen molar-refractivity contribution in [2.75, 3.05) is 12.4 Å². The average Bonchev–Trinajstić information content (AvgIpc) is 2.88. The van der Waals surface area contributed by atoms with Gasteiger partial charge in [0.25, 0.3) is 0 Å². The van der Waals surface area contributed by atoms with Gasteiger partial charge in [-0.1, -0.05) is 48.0 Å². The van der Waals surface area contributed by atoms with Crippen molar-refractivity contribution in [3.63, 3.8) is 0 Å². The Kier molecular flexibility index (Phi) is 7.87. The lowest BCUT2D eigenvalue weighted by Gasteiger charge is -2.36. The number of nitrogens with zero attached hydrogens (tertiary/aromatic N) is 1. The topological polar surface area (TPSA) is 63.2 Å². The summed E-state index contributed by atoms with van der Waals surface area (Å²) in [6, 6.07) is 19.4. The lowest BCUT2D eigenvalue weighted by molar-refractivity contribution is -0.137. The molecule has 4 aromatic rings. The van der Waals surface area contributed by atoms with Crippen LogP contribution in [0, 0.1) is 5.82 Å². The first kappa shape index (κ1) is 26.9. The zero-order chi connectivity index (χ0) is 27.3. The molecule has 0 radical (unpaired) electrons. The summed E-state index contributed by atoms with van der Waals surface area (Å²) >= 11 is 6.07. The van der Waals surface area contributed by atoms with Crippen LogP contribution in [0.5, 0.6) is 5.75 Å². The summed E-state index contributed by atoms with van der Waals surface area (Å²) in [7, 11) is 1.32. The number of hydrogen-bond acceptors (Lipinski definition) is 3. The first-order chi connectivity index (χ1) is 18.1. The third-order valence-corrected chi connectivity index (χ3v) is 6.10. The molecule has 38 heavy (non-hydrogen) atoms. The molecule has 1 aromatic heterocycles. The number of methoxy groups -OCH3 is 1. The summed E-state index contributed by atoms with van der Waals surface area (Å²) in [6.45, 7) is 0. The minimum atomic E-state index is -4.67. The molecule has 5 nitrogen and oxygen atoms in total.